The number of benzene rings is 15. The fourth-order valence-corrected chi connectivity index (χ4v) is 16.0. The van der Waals surface area contributed by atoms with Crippen LogP contribution in [0.3, 0.4) is 0 Å². The van der Waals surface area contributed by atoms with Crippen LogP contribution >= 0.6 is 11.3 Å². The van der Waals surface area contributed by atoms with Gasteiger partial charge in [-0.05, 0) is 131 Å². The number of aromatic nitrogens is 6. The molecule has 0 bridgehead atoms. The molecular formula is C91H58N6OS. The third-order valence-corrected chi connectivity index (χ3v) is 21.0. The molecule has 0 atom stereocenters. The highest BCUT2D eigenvalue weighted by Gasteiger charge is 2.36. The number of hydrogen-bond donors (Lipinski definition) is 0. The second-order valence-corrected chi connectivity index (χ2v) is 27.2. The van der Waals surface area contributed by atoms with Crippen molar-refractivity contribution in [3.05, 3.63) is 327 Å². The van der Waals surface area contributed by atoms with Crippen molar-refractivity contribution in [1.82, 2.24) is 29.9 Å². The molecule has 0 spiro atoms. The van der Waals surface area contributed by atoms with Gasteiger partial charge in [0.25, 0.3) is 0 Å². The highest BCUT2D eigenvalue weighted by molar-refractivity contribution is 7.26. The summed E-state index contributed by atoms with van der Waals surface area (Å²) in [4.78, 5) is 29.5. The van der Waals surface area contributed by atoms with Crippen LogP contribution in [-0.4, -0.2) is 29.9 Å². The van der Waals surface area contributed by atoms with Gasteiger partial charge in [0.15, 0.2) is 34.9 Å². The molecule has 99 heavy (non-hydrogen) atoms. The van der Waals surface area contributed by atoms with Crippen LogP contribution < -0.4 is 0 Å². The Bertz CT molecular complexity index is 6310. The molecule has 464 valence electrons. The van der Waals surface area contributed by atoms with Crippen LogP contribution in [0.2, 0.25) is 0 Å². The predicted molar refractivity (Wildman–Crippen MR) is 411 cm³/mol. The summed E-state index contributed by atoms with van der Waals surface area (Å²) in [6.07, 6.45) is 0. The molecule has 15 aromatic carbocycles. The molecule has 4 heterocycles. The number of rotatable bonds is 8. The average molecular weight is 1280 g/mol. The Hall–Kier alpha value is -12.6. The minimum absolute atomic E-state index is 0.215. The first-order valence-electron chi connectivity index (χ1n) is 33.5. The van der Waals surface area contributed by atoms with Gasteiger partial charge >= 0.3 is 0 Å². The number of fused-ring (bicyclic) bond motifs is 17. The average Bonchev–Trinajstić information content (AvgIpc) is 1.64. The first kappa shape index (κ1) is 57.8. The molecule has 1 aliphatic carbocycles. The zero-order valence-corrected chi connectivity index (χ0v) is 54.8. The van der Waals surface area contributed by atoms with E-state index in [0.717, 1.165) is 61.1 Å². The van der Waals surface area contributed by atoms with Crippen LogP contribution in [0, 0.1) is 0 Å². The first-order chi connectivity index (χ1) is 48.8. The third-order valence-electron chi connectivity index (χ3n) is 19.8. The van der Waals surface area contributed by atoms with Crippen LogP contribution in [0.1, 0.15) is 25.0 Å². The van der Waals surface area contributed by atoms with Crippen LogP contribution in [-0.2, 0) is 5.41 Å². The molecule has 0 fully saturated rings. The smallest absolute Gasteiger partial charge is 0.164 e. The van der Waals surface area contributed by atoms with Gasteiger partial charge in [0.1, 0.15) is 11.2 Å². The molecule has 0 saturated heterocycles. The summed E-state index contributed by atoms with van der Waals surface area (Å²) in [5.41, 5.74) is 17.3. The Kier molecular flexibility index (Phi) is 13.6. The molecule has 1 aliphatic rings. The van der Waals surface area contributed by atoms with Crippen LogP contribution in [0.4, 0.5) is 0 Å². The molecule has 20 rings (SSSR count). The summed E-state index contributed by atoms with van der Waals surface area (Å²) in [5, 5.41) is 15.1. The van der Waals surface area contributed by atoms with E-state index in [1.807, 2.05) is 121 Å². The summed E-state index contributed by atoms with van der Waals surface area (Å²) >= 11 is 1.88. The lowest BCUT2D eigenvalue weighted by Gasteiger charge is -2.22. The van der Waals surface area contributed by atoms with Crippen molar-refractivity contribution in [2.24, 2.45) is 0 Å². The molecule has 0 amide bonds. The summed E-state index contributed by atoms with van der Waals surface area (Å²) in [6, 6.07) is 111. The lowest BCUT2D eigenvalue weighted by molar-refractivity contribution is 0.661. The number of nitrogens with zero attached hydrogens (tertiary/aromatic N) is 6. The predicted octanol–water partition coefficient (Wildman–Crippen LogP) is 24.3. The van der Waals surface area contributed by atoms with Gasteiger partial charge in [-0.1, -0.05) is 281 Å². The SMILES string of the molecule is CC1(C)c2cc(-c3ccc4c(ccc5ccc6sc7ccccc7c6c54)c3)ccc2-c2ccc(-c3nc(-c4ccccc4)nc(-c4ccccc4)n3)cc21.c1ccc(-c2nc(-c3ccccc3)nc(-c3ccc(-c4ccc5c(ccc6ccc7oc8ccccc8c7c65)c4)cc3)n2)cc1. The van der Waals surface area contributed by atoms with E-state index >= 15 is 0 Å². The Morgan fingerprint density at radius 3 is 1.16 bits per heavy atom. The quantitative estimate of drug-likeness (QED) is 0.140. The maximum Gasteiger partial charge on any atom is 0.164 e. The highest BCUT2D eigenvalue weighted by Crippen LogP contribution is 2.51. The van der Waals surface area contributed by atoms with Crippen molar-refractivity contribution in [3.8, 4) is 102 Å². The Balaban J connectivity index is 0.000000141. The lowest BCUT2D eigenvalue weighted by Crippen LogP contribution is -2.15. The summed E-state index contributed by atoms with van der Waals surface area (Å²) in [5.74, 6) is 3.98. The van der Waals surface area contributed by atoms with E-state index in [1.165, 1.54) is 102 Å². The van der Waals surface area contributed by atoms with Crippen molar-refractivity contribution >= 4 is 96.5 Å². The van der Waals surface area contributed by atoms with E-state index < -0.39 is 0 Å². The first-order valence-corrected chi connectivity index (χ1v) is 34.3. The zero-order chi connectivity index (χ0) is 65.7. The van der Waals surface area contributed by atoms with Gasteiger partial charge in [0, 0.05) is 75.1 Å². The Labute approximate surface area is 574 Å². The van der Waals surface area contributed by atoms with E-state index in [-0.39, 0.29) is 5.41 Å². The molecule has 19 aromatic rings. The van der Waals surface area contributed by atoms with Crippen LogP contribution in [0.15, 0.2) is 320 Å². The minimum Gasteiger partial charge on any atom is -0.456 e. The maximum atomic E-state index is 6.20. The van der Waals surface area contributed by atoms with Gasteiger partial charge in [-0.3, -0.25) is 0 Å². The molecule has 0 saturated carbocycles. The molecule has 0 N–H and O–H groups in total. The second-order valence-electron chi connectivity index (χ2n) is 26.1. The van der Waals surface area contributed by atoms with Gasteiger partial charge in [0.05, 0.1) is 0 Å². The molecule has 0 unspecified atom stereocenters. The van der Waals surface area contributed by atoms with Crippen LogP contribution in [0.25, 0.3) is 187 Å². The lowest BCUT2D eigenvalue weighted by atomic mass is 9.81. The fourth-order valence-electron chi connectivity index (χ4n) is 14.8. The number of para-hydroxylation sites is 1. The molecule has 0 radical (unpaired) electrons. The minimum atomic E-state index is -0.215. The number of thiophene rings is 1. The van der Waals surface area contributed by atoms with E-state index in [2.05, 4.69) is 220 Å². The van der Waals surface area contributed by atoms with Gasteiger partial charge in [-0.2, -0.15) is 0 Å². The van der Waals surface area contributed by atoms with Crippen molar-refractivity contribution in [1.29, 1.82) is 0 Å². The fraction of sp³-hybridized carbons (Fsp3) is 0.0330. The van der Waals surface area contributed by atoms with E-state index in [4.69, 9.17) is 34.3 Å². The van der Waals surface area contributed by atoms with E-state index in [1.54, 1.807) is 0 Å². The largest absolute Gasteiger partial charge is 0.456 e. The monoisotopic (exact) mass is 1280 g/mol. The molecule has 8 heteroatoms. The standard InChI is InChI=1S/C50H33N3S.C41H25N3O/c1-50(2)41-28-34(33-19-23-37-35(27-33)18-17-30-22-26-44-46(45(30)37)40-15-9-10-16-43(40)54-44)20-24-38(41)39-25-21-36(29-42(39)50)49-52-47(31-11-5-3-6-12-31)51-48(53-49)32-13-7-4-8-14-32;1-3-9-28(10-4-1)39-42-40(29-11-5-2-6-12-29)44-41(43-39)30-18-15-26(16-19-30)31-21-23-33-32(25-31)20-17-27-22-24-36-38(37(27)33)34-13-7-8-14-35(34)45-36/h3-29H,1-2H3;1-25H. The van der Waals surface area contributed by atoms with Gasteiger partial charge in [-0.25, -0.2) is 29.9 Å². The summed E-state index contributed by atoms with van der Waals surface area (Å²) < 4.78 is 8.88. The van der Waals surface area contributed by atoms with Gasteiger partial charge < -0.3 is 4.42 Å². The molecule has 0 aliphatic heterocycles. The molecule has 7 nitrogen and oxygen atoms in total. The number of furan rings is 1. The summed E-state index contributed by atoms with van der Waals surface area (Å²) in [6.45, 7) is 4.68. The topological polar surface area (TPSA) is 90.5 Å². The maximum absolute atomic E-state index is 6.20. The van der Waals surface area contributed by atoms with Gasteiger partial charge in [-0.15, -0.1) is 11.3 Å². The van der Waals surface area contributed by atoms with Crippen molar-refractivity contribution in [3.63, 3.8) is 0 Å². The second kappa shape index (κ2) is 23.3. The Morgan fingerprint density at radius 2 is 0.616 bits per heavy atom. The van der Waals surface area contributed by atoms with Gasteiger partial charge in [0.2, 0.25) is 0 Å². The normalized spacial score (nSPS) is 12.4. The van der Waals surface area contributed by atoms with Crippen molar-refractivity contribution in [2.75, 3.05) is 0 Å². The third kappa shape index (κ3) is 10.0. The molecular weight excluding hydrogens is 1230 g/mol. The number of hydrogen-bond acceptors (Lipinski definition) is 8. The van der Waals surface area contributed by atoms with Crippen molar-refractivity contribution < 1.29 is 4.42 Å². The molecule has 4 aromatic heterocycles. The van der Waals surface area contributed by atoms with E-state index in [9.17, 15) is 0 Å². The van der Waals surface area contributed by atoms with E-state index in [0.29, 0.717) is 34.9 Å². The zero-order valence-electron chi connectivity index (χ0n) is 54.0. The Morgan fingerprint density at radius 1 is 0.242 bits per heavy atom. The summed E-state index contributed by atoms with van der Waals surface area (Å²) in [7, 11) is 0. The van der Waals surface area contributed by atoms with Crippen LogP contribution in [0.5, 0.6) is 0 Å². The van der Waals surface area contributed by atoms with Crippen molar-refractivity contribution in [2.45, 2.75) is 19.3 Å². The highest BCUT2D eigenvalue weighted by atomic mass is 32.1.